The average molecular weight is 838 g/mol. The Morgan fingerprint density at radius 2 is 1.12 bits per heavy atom. The van der Waals surface area contributed by atoms with Crippen molar-refractivity contribution in [3.05, 3.63) is 119 Å². The number of hydrogen-bond acceptors (Lipinski definition) is 8. The first-order chi connectivity index (χ1) is 26.0. The van der Waals surface area contributed by atoms with Crippen LogP contribution < -0.4 is 25.1 Å². The van der Waals surface area contributed by atoms with Gasteiger partial charge in [-0.3, -0.25) is 9.59 Å². The number of aryl methyl sites for hydroxylation is 4. The number of methoxy groups -OCH3 is 1. The number of pyridine rings is 1. The lowest BCUT2D eigenvalue weighted by atomic mass is 10.0. The molecular formula is C44H57BrN2O9. The smallest absolute Gasteiger partial charge is 0.338 e. The number of esters is 1. The molecule has 1 amide bonds. The van der Waals surface area contributed by atoms with E-state index in [9.17, 15) is 19.2 Å². The molecule has 0 atom stereocenters. The number of carboxylic acids is 1. The average Bonchev–Trinajstić information content (AvgIpc) is 3.08. The van der Waals surface area contributed by atoms with Crippen LogP contribution in [0.3, 0.4) is 0 Å². The quantitative estimate of drug-likeness (QED) is 0.125. The number of amides is 1. The molecule has 56 heavy (non-hydrogen) atoms. The van der Waals surface area contributed by atoms with Gasteiger partial charge in [0.1, 0.15) is 17.2 Å². The van der Waals surface area contributed by atoms with Gasteiger partial charge in [0.25, 0.3) is 11.5 Å². The third-order valence-corrected chi connectivity index (χ3v) is 8.68. The van der Waals surface area contributed by atoms with Crippen molar-refractivity contribution in [2.45, 2.75) is 115 Å². The van der Waals surface area contributed by atoms with Crippen molar-refractivity contribution in [2.75, 3.05) is 7.11 Å². The summed E-state index contributed by atoms with van der Waals surface area (Å²) in [6.45, 7) is 24.8. The Kier molecular flexibility index (Phi) is 17.9. The lowest BCUT2D eigenvalue weighted by molar-refractivity contribution is 0.0597. The molecule has 0 aliphatic heterocycles. The number of carbonyl (C=O) groups is 3. The molecule has 0 saturated heterocycles. The SMILES string of the molecule is COC(=O)c1cc(Br)cc(OC(C)C)c1C.Cc1cc(OC(C)C)c(C)c(C(=O)NCc2c(C)cc(C)[nH]c2=O)c1.Cc1cc(OC(C)C)c(C)c(C(=O)O)c1. The van der Waals surface area contributed by atoms with E-state index in [0.29, 0.717) is 45.1 Å². The van der Waals surface area contributed by atoms with Gasteiger partial charge in [-0.1, -0.05) is 15.9 Å². The Bertz CT molecular complexity index is 2080. The van der Waals surface area contributed by atoms with Gasteiger partial charge < -0.3 is 34.4 Å². The number of aromatic nitrogens is 1. The molecule has 3 aromatic carbocycles. The van der Waals surface area contributed by atoms with E-state index in [0.717, 1.165) is 38.0 Å². The van der Waals surface area contributed by atoms with E-state index in [1.165, 1.54) is 7.11 Å². The maximum atomic E-state index is 12.6. The summed E-state index contributed by atoms with van der Waals surface area (Å²) < 4.78 is 22.5. The second-order valence-corrected chi connectivity index (χ2v) is 15.3. The van der Waals surface area contributed by atoms with Crippen molar-refractivity contribution in [3.8, 4) is 17.2 Å². The molecule has 4 aromatic rings. The maximum absolute atomic E-state index is 12.6. The summed E-state index contributed by atoms with van der Waals surface area (Å²) in [5.41, 5.74) is 7.61. The van der Waals surface area contributed by atoms with Crippen LogP contribution in [0.5, 0.6) is 17.2 Å². The van der Waals surface area contributed by atoms with Crippen LogP contribution in [0.4, 0.5) is 0 Å². The molecule has 11 nitrogen and oxygen atoms in total. The summed E-state index contributed by atoms with van der Waals surface area (Å²) in [4.78, 5) is 50.0. The van der Waals surface area contributed by atoms with Crippen molar-refractivity contribution in [3.63, 3.8) is 0 Å². The van der Waals surface area contributed by atoms with E-state index in [1.807, 2.05) is 113 Å². The zero-order chi connectivity index (χ0) is 42.6. The molecule has 0 aliphatic carbocycles. The van der Waals surface area contributed by atoms with E-state index in [4.69, 9.17) is 24.1 Å². The predicted molar refractivity (Wildman–Crippen MR) is 224 cm³/mol. The predicted octanol–water partition coefficient (Wildman–Crippen LogP) is 9.45. The minimum atomic E-state index is -0.912. The third kappa shape index (κ3) is 13.9. The Morgan fingerprint density at radius 1 is 0.679 bits per heavy atom. The summed E-state index contributed by atoms with van der Waals surface area (Å²) in [7, 11) is 1.37. The number of hydrogen-bond donors (Lipinski definition) is 3. The number of carboxylic acid groups (broad SMARTS) is 1. The molecule has 0 bridgehead atoms. The summed E-state index contributed by atoms with van der Waals surface area (Å²) in [6.07, 6.45) is 0.149. The van der Waals surface area contributed by atoms with E-state index < -0.39 is 5.97 Å². The third-order valence-electron chi connectivity index (χ3n) is 8.22. The molecular weight excluding hydrogens is 780 g/mol. The summed E-state index contributed by atoms with van der Waals surface area (Å²) in [5, 5.41) is 11.8. The molecule has 0 spiro atoms. The fourth-order valence-corrected chi connectivity index (χ4v) is 6.02. The number of H-pyrrole nitrogens is 1. The first kappa shape index (κ1) is 47.1. The summed E-state index contributed by atoms with van der Waals surface area (Å²) >= 11 is 3.35. The second-order valence-electron chi connectivity index (χ2n) is 14.4. The molecule has 304 valence electrons. The normalized spacial score (nSPS) is 10.6. The highest BCUT2D eigenvalue weighted by atomic mass is 79.9. The van der Waals surface area contributed by atoms with Crippen molar-refractivity contribution in [1.82, 2.24) is 10.3 Å². The topological polar surface area (TPSA) is 153 Å². The molecule has 4 rings (SSSR count). The minimum absolute atomic E-state index is 0.0326. The van der Waals surface area contributed by atoms with E-state index in [-0.39, 0.29) is 42.3 Å². The van der Waals surface area contributed by atoms with Crippen LogP contribution in [0.1, 0.15) is 117 Å². The number of benzene rings is 3. The Morgan fingerprint density at radius 3 is 1.57 bits per heavy atom. The van der Waals surface area contributed by atoms with Gasteiger partial charge in [-0.2, -0.15) is 0 Å². The highest BCUT2D eigenvalue weighted by Gasteiger charge is 2.17. The fourth-order valence-electron chi connectivity index (χ4n) is 5.58. The first-order valence-corrected chi connectivity index (χ1v) is 19.2. The van der Waals surface area contributed by atoms with E-state index >= 15 is 0 Å². The molecule has 1 heterocycles. The van der Waals surface area contributed by atoms with Gasteiger partial charge in [0, 0.05) is 44.5 Å². The van der Waals surface area contributed by atoms with Crippen LogP contribution in [0, 0.1) is 48.5 Å². The van der Waals surface area contributed by atoms with Crippen molar-refractivity contribution >= 4 is 33.8 Å². The van der Waals surface area contributed by atoms with Gasteiger partial charge in [0.2, 0.25) is 0 Å². The van der Waals surface area contributed by atoms with Crippen molar-refractivity contribution < 1.29 is 38.4 Å². The van der Waals surface area contributed by atoms with Crippen molar-refractivity contribution in [1.29, 1.82) is 0 Å². The van der Waals surface area contributed by atoms with E-state index in [2.05, 4.69) is 26.2 Å². The molecule has 0 saturated carbocycles. The van der Waals surface area contributed by atoms with Crippen LogP contribution in [0.15, 0.2) is 51.7 Å². The standard InChI is InChI=1S/C20H26N2O3.C12H15BrO3.C12H16O3/c1-11(2)25-18-8-12(3)7-16(15(18)6)19(23)21-10-17-13(4)9-14(5)22-20(17)24;1-7(2)16-11-6-9(13)5-10(8(11)3)12(14)15-4;1-7(2)15-11-6-8(3)5-10(9(11)4)12(13)14/h7-9,11H,10H2,1-6H3,(H,21,23)(H,22,24);5-7H,1-4H3;5-7H,1-4H3,(H,13,14). The molecule has 3 N–H and O–H groups in total. The van der Waals surface area contributed by atoms with Crippen LogP contribution in [0.25, 0.3) is 0 Å². The summed E-state index contributed by atoms with van der Waals surface area (Å²) in [6, 6.07) is 12.8. The van der Waals surface area contributed by atoms with Gasteiger partial charge >= 0.3 is 11.9 Å². The number of rotatable bonds is 11. The number of aromatic carboxylic acids is 1. The monoisotopic (exact) mass is 836 g/mol. The molecule has 0 aliphatic rings. The van der Waals surface area contributed by atoms with Gasteiger partial charge in [-0.25, -0.2) is 9.59 Å². The zero-order valence-electron chi connectivity index (χ0n) is 35.1. The molecule has 0 fully saturated rings. The minimum Gasteiger partial charge on any atom is -0.491 e. The molecule has 1 aromatic heterocycles. The zero-order valence-corrected chi connectivity index (χ0v) is 36.7. The molecule has 0 unspecified atom stereocenters. The highest BCUT2D eigenvalue weighted by Crippen LogP contribution is 2.29. The Balaban J connectivity index is 0.000000305. The second kappa shape index (κ2) is 21.3. The number of ether oxygens (including phenoxy) is 4. The Labute approximate surface area is 339 Å². The lowest BCUT2D eigenvalue weighted by Gasteiger charge is -2.16. The number of nitrogens with one attached hydrogen (secondary N) is 2. The maximum Gasteiger partial charge on any atom is 0.338 e. The van der Waals surface area contributed by atoms with Crippen LogP contribution in [-0.4, -0.2) is 53.4 Å². The van der Waals surface area contributed by atoms with Gasteiger partial charge in [-0.05, 0) is 149 Å². The first-order valence-electron chi connectivity index (χ1n) is 18.4. The van der Waals surface area contributed by atoms with E-state index in [1.54, 1.807) is 19.1 Å². The van der Waals surface area contributed by atoms with Crippen LogP contribution >= 0.6 is 15.9 Å². The summed E-state index contributed by atoms with van der Waals surface area (Å²) in [5.74, 6) is 0.586. The number of aromatic amines is 1. The molecule has 12 heteroatoms. The van der Waals surface area contributed by atoms with Crippen LogP contribution in [0.2, 0.25) is 0 Å². The fraction of sp³-hybridized carbons (Fsp3) is 0.409. The van der Waals surface area contributed by atoms with Gasteiger partial charge in [0.15, 0.2) is 0 Å². The van der Waals surface area contributed by atoms with Crippen LogP contribution in [-0.2, 0) is 11.3 Å². The Hall–Kier alpha value is -5.10. The molecule has 0 radical (unpaired) electrons. The van der Waals surface area contributed by atoms with Gasteiger partial charge in [0.05, 0.1) is 36.5 Å². The van der Waals surface area contributed by atoms with Gasteiger partial charge in [-0.15, -0.1) is 0 Å². The largest absolute Gasteiger partial charge is 0.491 e. The number of halogens is 1. The lowest BCUT2D eigenvalue weighted by Crippen LogP contribution is -2.28. The highest BCUT2D eigenvalue weighted by molar-refractivity contribution is 9.10. The van der Waals surface area contributed by atoms with Crippen molar-refractivity contribution in [2.24, 2.45) is 0 Å². The number of carbonyl (C=O) groups excluding carboxylic acids is 2.